The Kier molecular flexibility index (Phi) is 2.51. The summed E-state index contributed by atoms with van der Waals surface area (Å²) in [6.07, 6.45) is 1.57. The van der Waals surface area contributed by atoms with E-state index in [4.69, 9.17) is 17.3 Å². The molecule has 3 heteroatoms. The van der Waals surface area contributed by atoms with Gasteiger partial charge in [-0.15, -0.1) is 0 Å². The van der Waals surface area contributed by atoms with E-state index in [1.54, 1.807) is 18.2 Å². The normalized spacial score (nSPS) is 9.42. The number of carbonyl (C=O) groups is 1. The number of primary amides is 1. The minimum atomic E-state index is -0.493. The van der Waals surface area contributed by atoms with Crippen molar-refractivity contribution in [2.75, 3.05) is 0 Å². The second-order valence-corrected chi connectivity index (χ2v) is 2.74. The van der Waals surface area contributed by atoms with Gasteiger partial charge in [-0.25, -0.2) is 0 Å². The van der Waals surface area contributed by atoms with Crippen LogP contribution >= 0.6 is 11.6 Å². The summed E-state index contributed by atoms with van der Waals surface area (Å²) in [5.74, 6) is -0.493. The van der Waals surface area contributed by atoms with E-state index in [2.05, 4.69) is 6.58 Å². The molecule has 2 N–H and O–H groups in total. The molecule has 62 valence electrons. The van der Waals surface area contributed by atoms with E-state index in [1.165, 1.54) is 6.07 Å². The number of amides is 1. The molecule has 0 spiro atoms. The van der Waals surface area contributed by atoms with Crippen LogP contribution in [0.2, 0.25) is 5.02 Å². The molecule has 0 fully saturated rings. The van der Waals surface area contributed by atoms with Crippen LogP contribution in [0.1, 0.15) is 15.9 Å². The van der Waals surface area contributed by atoms with Crippen LogP contribution in [0.5, 0.6) is 0 Å². The Morgan fingerprint density at radius 3 is 2.75 bits per heavy atom. The van der Waals surface area contributed by atoms with Crippen LogP contribution < -0.4 is 5.73 Å². The van der Waals surface area contributed by atoms with Crippen LogP contribution in [-0.2, 0) is 0 Å². The topological polar surface area (TPSA) is 43.1 Å². The lowest BCUT2D eigenvalue weighted by Gasteiger charge is -2.01. The molecule has 0 aliphatic carbocycles. The zero-order valence-corrected chi connectivity index (χ0v) is 7.14. The molecule has 0 saturated carbocycles. The molecular weight excluding hydrogens is 174 g/mol. The van der Waals surface area contributed by atoms with Crippen LogP contribution in [0, 0.1) is 0 Å². The molecule has 1 rings (SSSR count). The third-order valence-corrected chi connectivity index (χ3v) is 1.74. The Bertz CT molecular complexity index is 333. The summed E-state index contributed by atoms with van der Waals surface area (Å²) in [7, 11) is 0. The minimum Gasteiger partial charge on any atom is -0.366 e. The van der Waals surface area contributed by atoms with Gasteiger partial charge >= 0.3 is 0 Å². The van der Waals surface area contributed by atoms with Gasteiger partial charge in [0.15, 0.2) is 0 Å². The Hall–Kier alpha value is -1.28. The van der Waals surface area contributed by atoms with E-state index >= 15 is 0 Å². The van der Waals surface area contributed by atoms with Crippen molar-refractivity contribution in [3.8, 4) is 0 Å². The summed E-state index contributed by atoms with van der Waals surface area (Å²) in [5.41, 5.74) is 6.21. The van der Waals surface area contributed by atoms with Gasteiger partial charge in [-0.3, -0.25) is 4.79 Å². The van der Waals surface area contributed by atoms with Gasteiger partial charge in [0.1, 0.15) is 0 Å². The molecule has 0 aliphatic rings. The molecule has 0 atom stereocenters. The van der Waals surface area contributed by atoms with Crippen molar-refractivity contribution >= 4 is 23.6 Å². The third-order valence-electron chi connectivity index (χ3n) is 1.50. The third kappa shape index (κ3) is 1.66. The van der Waals surface area contributed by atoms with Crippen molar-refractivity contribution in [2.24, 2.45) is 5.73 Å². The standard InChI is InChI=1S/C9H8ClNO/c1-2-6-3-4-7(10)5-8(6)9(11)12/h2-5H,1H2,(H2,11,12). The van der Waals surface area contributed by atoms with Crippen LogP contribution in [0.3, 0.4) is 0 Å². The Morgan fingerprint density at radius 2 is 2.25 bits per heavy atom. The predicted octanol–water partition coefficient (Wildman–Crippen LogP) is 2.08. The first kappa shape index (κ1) is 8.81. The number of hydrogen-bond donors (Lipinski definition) is 1. The number of nitrogens with two attached hydrogens (primary N) is 1. The van der Waals surface area contributed by atoms with Crippen molar-refractivity contribution in [1.29, 1.82) is 0 Å². The van der Waals surface area contributed by atoms with Gasteiger partial charge in [-0.2, -0.15) is 0 Å². The zero-order valence-electron chi connectivity index (χ0n) is 6.38. The first-order chi connectivity index (χ1) is 5.65. The number of rotatable bonds is 2. The van der Waals surface area contributed by atoms with Gasteiger partial charge in [-0.1, -0.05) is 30.3 Å². The quantitative estimate of drug-likeness (QED) is 0.746. The maximum absolute atomic E-state index is 10.8. The summed E-state index contributed by atoms with van der Waals surface area (Å²) in [6, 6.07) is 4.92. The van der Waals surface area contributed by atoms with E-state index in [0.717, 1.165) is 0 Å². The molecule has 0 saturated heterocycles. The molecule has 0 heterocycles. The van der Waals surface area contributed by atoms with E-state index in [9.17, 15) is 4.79 Å². The van der Waals surface area contributed by atoms with Crippen molar-refractivity contribution in [2.45, 2.75) is 0 Å². The van der Waals surface area contributed by atoms with Gasteiger partial charge in [0.05, 0.1) is 0 Å². The summed E-state index contributed by atoms with van der Waals surface area (Å²) < 4.78 is 0. The highest BCUT2D eigenvalue weighted by Crippen LogP contribution is 2.16. The first-order valence-corrected chi connectivity index (χ1v) is 3.74. The average Bonchev–Trinajstić information content (AvgIpc) is 2.04. The van der Waals surface area contributed by atoms with Gasteiger partial charge in [0, 0.05) is 10.6 Å². The van der Waals surface area contributed by atoms with Gasteiger partial charge < -0.3 is 5.73 Å². The summed E-state index contributed by atoms with van der Waals surface area (Å²) in [5, 5.41) is 0.495. The lowest BCUT2D eigenvalue weighted by atomic mass is 10.1. The lowest BCUT2D eigenvalue weighted by Crippen LogP contribution is -2.12. The van der Waals surface area contributed by atoms with Crippen LogP contribution in [0.4, 0.5) is 0 Å². The van der Waals surface area contributed by atoms with E-state index < -0.39 is 5.91 Å². The largest absolute Gasteiger partial charge is 0.366 e. The summed E-state index contributed by atoms with van der Waals surface area (Å²) >= 11 is 5.68. The summed E-state index contributed by atoms with van der Waals surface area (Å²) in [6.45, 7) is 3.55. The minimum absolute atomic E-state index is 0.400. The smallest absolute Gasteiger partial charge is 0.249 e. The lowest BCUT2D eigenvalue weighted by molar-refractivity contribution is 0.1000. The van der Waals surface area contributed by atoms with E-state index in [1.807, 2.05) is 0 Å². The number of halogens is 1. The van der Waals surface area contributed by atoms with Crippen molar-refractivity contribution < 1.29 is 4.79 Å². The maximum Gasteiger partial charge on any atom is 0.249 e. The number of hydrogen-bond acceptors (Lipinski definition) is 1. The average molecular weight is 182 g/mol. The Balaban J connectivity index is 3.30. The van der Waals surface area contributed by atoms with Crippen molar-refractivity contribution in [3.63, 3.8) is 0 Å². The molecule has 0 aliphatic heterocycles. The fourth-order valence-corrected chi connectivity index (χ4v) is 1.09. The highest BCUT2D eigenvalue weighted by molar-refractivity contribution is 6.31. The molecule has 1 aromatic rings. The molecular formula is C9H8ClNO. The fourth-order valence-electron chi connectivity index (χ4n) is 0.920. The highest BCUT2D eigenvalue weighted by atomic mass is 35.5. The Labute approximate surface area is 75.6 Å². The second-order valence-electron chi connectivity index (χ2n) is 2.30. The number of carbonyl (C=O) groups excluding carboxylic acids is 1. The molecule has 0 unspecified atom stereocenters. The molecule has 0 aromatic heterocycles. The van der Waals surface area contributed by atoms with Gasteiger partial charge in [0.2, 0.25) is 5.91 Å². The van der Waals surface area contributed by atoms with Crippen molar-refractivity contribution in [1.82, 2.24) is 0 Å². The molecule has 1 amide bonds. The number of benzene rings is 1. The molecule has 0 radical (unpaired) electrons. The SMILES string of the molecule is C=Cc1ccc(Cl)cc1C(N)=O. The van der Waals surface area contributed by atoms with Gasteiger partial charge in [0.25, 0.3) is 0 Å². The highest BCUT2D eigenvalue weighted by Gasteiger charge is 2.05. The molecule has 12 heavy (non-hydrogen) atoms. The van der Waals surface area contributed by atoms with Crippen LogP contribution in [0.15, 0.2) is 24.8 Å². The molecule has 1 aromatic carbocycles. The zero-order chi connectivity index (χ0) is 9.14. The molecule has 2 nitrogen and oxygen atoms in total. The Morgan fingerprint density at radius 1 is 1.58 bits per heavy atom. The van der Waals surface area contributed by atoms with Crippen LogP contribution in [-0.4, -0.2) is 5.91 Å². The monoisotopic (exact) mass is 181 g/mol. The maximum atomic E-state index is 10.8. The van der Waals surface area contributed by atoms with Gasteiger partial charge in [-0.05, 0) is 17.7 Å². The predicted molar refractivity (Wildman–Crippen MR) is 50.1 cm³/mol. The van der Waals surface area contributed by atoms with E-state index in [0.29, 0.717) is 16.1 Å². The second kappa shape index (κ2) is 3.41. The van der Waals surface area contributed by atoms with E-state index in [-0.39, 0.29) is 0 Å². The van der Waals surface area contributed by atoms with Crippen LogP contribution in [0.25, 0.3) is 6.08 Å². The summed E-state index contributed by atoms with van der Waals surface area (Å²) in [4.78, 5) is 10.8. The fraction of sp³-hybridized carbons (Fsp3) is 0. The molecule has 0 bridgehead atoms. The first-order valence-electron chi connectivity index (χ1n) is 3.37. The van der Waals surface area contributed by atoms with Crippen molar-refractivity contribution in [3.05, 3.63) is 40.9 Å².